The van der Waals surface area contributed by atoms with E-state index in [1.807, 2.05) is 79.7 Å². The Hall–Kier alpha value is -3.27. The molecular weight excluding hydrogens is 312 g/mol. The van der Waals surface area contributed by atoms with Gasteiger partial charge in [0.1, 0.15) is 5.75 Å². The predicted molar refractivity (Wildman–Crippen MR) is 102 cm³/mol. The molecule has 4 nitrogen and oxygen atoms in total. The van der Waals surface area contributed by atoms with Gasteiger partial charge in [-0.2, -0.15) is 0 Å². The molecule has 3 rings (SSSR count). The minimum atomic E-state index is -0.117. The zero-order valence-electron chi connectivity index (χ0n) is 14.2. The first-order valence-corrected chi connectivity index (χ1v) is 8.03. The van der Waals surface area contributed by atoms with Gasteiger partial charge in [0.05, 0.1) is 7.11 Å². The Balaban J connectivity index is 1.65. The minimum Gasteiger partial charge on any atom is -0.497 e. The van der Waals surface area contributed by atoms with Gasteiger partial charge >= 0.3 is 0 Å². The molecule has 25 heavy (non-hydrogen) atoms. The largest absolute Gasteiger partial charge is 0.497 e. The SMILES string of the molecule is COc1cccc(Nc2ccc(NC(=O)c3ccc(C)cc3)cc2)c1. The first-order valence-electron chi connectivity index (χ1n) is 8.03. The zero-order chi connectivity index (χ0) is 17.6. The summed E-state index contributed by atoms with van der Waals surface area (Å²) in [5.74, 6) is 0.681. The molecule has 0 radical (unpaired) electrons. The van der Waals surface area contributed by atoms with Crippen LogP contribution in [0.3, 0.4) is 0 Å². The number of methoxy groups -OCH3 is 1. The molecule has 126 valence electrons. The van der Waals surface area contributed by atoms with E-state index in [1.165, 1.54) is 0 Å². The van der Waals surface area contributed by atoms with Crippen molar-refractivity contribution in [2.75, 3.05) is 17.7 Å². The van der Waals surface area contributed by atoms with Gasteiger partial charge in [-0.3, -0.25) is 4.79 Å². The number of anilines is 3. The number of hydrogen-bond acceptors (Lipinski definition) is 3. The molecule has 3 aromatic carbocycles. The molecule has 4 heteroatoms. The Morgan fingerprint density at radius 2 is 1.52 bits per heavy atom. The van der Waals surface area contributed by atoms with Crippen LogP contribution in [-0.4, -0.2) is 13.0 Å². The van der Waals surface area contributed by atoms with Crippen LogP contribution in [0, 0.1) is 6.92 Å². The lowest BCUT2D eigenvalue weighted by Gasteiger charge is -2.10. The van der Waals surface area contributed by atoms with Crippen LogP contribution in [0.25, 0.3) is 0 Å². The molecule has 0 unspecified atom stereocenters. The summed E-state index contributed by atoms with van der Waals surface area (Å²) >= 11 is 0. The maximum atomic E-state index is 12.2. The number of carbonyl (C=O) groups is 1. The molecule has 0 fully saturated rings. The van der Waals surface area contributed by atoms with Gasteiger partial charge in [-0.25, -0.2) is 0 Å². The van der Waals surface area contributed by atoms with E-state index >= 15 is 0 Å². The van der Waals surface area contributed by atoms with Crippen LogP contribution in [0.1, 0.15) is 15.9 Å². The van der Waals surface area contributed by atoms with Gasteiger partial charge in [0.15, 0.2) is 0 Å². The fourth-order valence-electron chi connectivity index (χ4n) is 2.41. The zero-order valence-corrected chi connectivity index (χ0v) is 14.2. The maximum absolute atomic E-state index is 12.2. The van der Waals surface area contributed by atoms with Gasteiger partial charge < -0.3 is 15.4 Å². The predicted octanol–water partition coefficient (Wildman–Crippen LogP) is 5.00. The van der Waals surface area contributed by atoms with Gasteiger partial charge in [0, 0.05) is 28.7 Å². The van der Waals surface area contributed by atoms with E-state index in [9.17, 15) is 4.79 Å². The average Bonchev–Trinajstić information content (AvgIpc) is 2.64. The quantitative estimate of drug-likeness (QED) is 0.691. The normalized spacial score (nSPS) is 10.2. The van der Waals surface area contributed by atoms with Crippen molar-refractivity contribution >= 4 is 23.0 Å². The Morgan fingerprint density at radius 1 is 0.840 bits per heavy atom. The van der Waals surface area contributed by atoms with Gasteiger partial charge in [-0.1, -0.05) is 23.8 Å². The second-order valence-corrected chi connectivity index (χ2v) is 5.75. The molecule has 0 saturated carbocycles. The van der Waals surface area contributed by atoms with E-state index in [0.29, 0.717) is 5.56 Å². The fourth-order valence-corrected chi connectivity index (χ4v) is 2.41. The number of amides is 1. The molecule has 0 atom stereocenters. The van der Waals surface area contributed by atoms with E-state index in [4.69, 9.17) is 4.74 Å². The van der Waals surface area contributed by atoms with Crippen LogP contribution in [0.15, 0.2) is 72.8 Å². The van der Waals surface area contributed by atoms with E-state index < -0.39 is 0 Å². The summed E-state index contributed by atoms with van der Waals surface area (Å²) in [7, 11) is 1.64. The third-order valence-corrected chi connectivity index (χ3v) is 3.81. The molecule has 0 aliphatic rings. The van der Waals surface area contributed by atoms with E-state index in [-0.39, 0.29) is 5.91 Å². The van der Waals surface area contributed by atoms with Crippen LogP contribution >= 0.6 is 0 Å². The van der Waals surface area contributed by atoms with Crippen LogP contribution < -0.4 is 15.4 Å². The topological polar surface area (TPSA) is 50.4 Å². The molecule has 0 aliphatic heterocycles. The van der Waals surface area contributed by atoms with Crippen molar-refractivity contribution in [2.45, 2.75) is 6.92 Å². The summed E-state index contributed by atoms with van der Waals surface area (Å²) in [5.41, 5.74) is 4.40. The molecule has 0 heterocycles. The van der Waals surface area contributed by atoms with Crippen LogP contribution in [0.2, 0.25) is 0 Å². The third kappa shape index (κ3) is 4.38. The number of hydrogen-bond donors (Lipinski definition) is 2. The lowest BCUT2D eigenvalue weighted by molar-refractivity contribution is 0.102. The lowest BCUT2D eigenvalue weighted by Crippen LogP contribution is -2.11. The van der Waals surface area contributed by atoms with Crippen molar-refractivity contribution in [3.05, 3.63) is 83.9 Å². The van der Waals surface area contributed by atoms with Crippen molar-refractivity contribution in [2.24, 2.45) is 0 Å². The van der Waals surface area contributed by atoms with Gasteiger partial charge in [0.2, 0.25) is 0 Å². The highest BCUT2D eigenvalue weighted by Crippen LogP contribution is 2.22. The van der Waals surface area contributed by atoms with Gasteiger partial charge in [0.25, 0.3) is 5.91 Å². The summed E-state index contributed by atoms with van der Waals surface area (Å²) in [5, 5.41) is 6.20. The molecule has 0 aliphatic carbocycles. The summed E-state index contributed by atoms with van der Waals surface area (Å²) in [6.07, 6.45) is 0. The number of nitrogens with one attached hydrogen (secondary N) is 2. The average molecular weight is 332 g/mol. The Labute approximate surface area is 147 Å². The Morgan fingerprint density at radius 3 is 2.20 bits per heavy atom. The Bertz CT molecular complexity index is 856. The first kappa shape index (κ1) is 16.6. The summed E-state index contributed by atoms with van der Waals surface area (Å²) < 4.78 is 5.22. The molecule has 1 amide bonds. The highest BCUT2D eigenvalue weighted by Gasteiger charge is 2.05. The number of ether oxygens (including phenoxy) is 1. The molecule has 0 aromatic heterocycles. The monoisotopic (exact) mass is 332 g/mol. The smallest absolute Gasteiger partial charge is 0.255 e. The molecular formula is C21H20N2O2. The van der Waals surface area contributed by atoms with E-state index in [0.717, 1.165) is 28.4 Å². The minimum absolute atomic E-state index is 0.117. The Kier molecular flexibility index (Phi) is 5.00. The number of aryl methyl sites for hydroxylation is 1. The summed E-state index contributed by atoms with van der Waals surface area (Å²) in [4.78, 5) is 12.2. The number of carbonyl (C=O) groups excluding carboxylic acids is 1. The third-order valence-electron chi connectivity index (χ3n) is 3.81. The van der Waals surface area contributed by atoms with Crippen LogP contribution in [-0.2, 0) is 0 Å². The number of rotatable bonds is 5. The van der Waals surface area contributed by atoms with Crippen molar-refractivity contribution in [1.82, 2.24) is 0 Å². The van der Waals surface area contributed by atoms with Crippen molar-refractivity contribution in [3.63, 3.8) is 0 Å². The molecule has 0 saturated heterocycles. The van der Waals surface area contributed by atoms with Crippen molar-refractivity contribution < 1.29 is 9.53 Å². The second kappa shape index (κ2) is 7.53. The molecule has 2 N–H and O–H groups in total. The van der Waals surface area contributed by atoms with Crippen LogP contribution in [0.5, 0.6) is 5.75 Å². The molecule has 0 bridgehead atoms. The highest BCUT2D eigenvalue weighted by molar-refractivity contribution is 6.04. The summed E-state index contributed by atoms with van der Waals surface area (Å²) in [6.45, 7) is 2.00. The maximum Gasteiger partial charge on any atom is 0.255 e. The summed E-state index contributed by atoms with van der Waals surface area (Å²) in [6, 6.07) is 22.8. The van der Waals surface area contributed by atoms with Gasteiger partial charge in [-0.15, -0.1) is 0 Å². The van der Waals surface area contributed by atoms with Crippen molar-refractivity contribution in [3.8, 4) is 5.75 Å². The van der Waals surface area contributed by atoms with Gasteiger partial charge in [-0.05, 0) is 55.5 Å². The van der Waals surface area contributed by atoms with E-state index in [2.05, 4.69) is 10.6 Å². The van der Waals surface area contributed by atoms with Crippen LogP contribution in [0.4, 0.5) is 17.1 Å². The highest BCUT2D eigenvalue weighted by atomic mass is 16.5. The fraction of sp³-hybridized carbons (Fsp3) is 0.0952. The molecule has 3 aromatic rings. The number of benzene rings is 3. The first-order chi connectivity index (χ1) is 12.1. The molecule has 0 spiro atoms. The van der Waals surface area contributed by atoms with Crippen molar-refractivity contribution in [1.29, 1.82) is 0 Å². The lowest BCUT2D eigenvalue weighted by atomic mass is 10.1. The van der Waals surface area contributed by atoms with E-state index in [1.54, 1.807) is 7.11 Å². The standard InChI is InChI=1S/C21H20N2O2/c1-15-6-8-16(9-7-15)21(24)23-18-12-10-17(11-13-18)22-19-4-3-5-20(14-19)25-2/h3-14,22H,1-2H3,(H,23,24). The second-order valence-electron chi connectivity index (χ2n) is 5.75.